The Kier molecular flexibility index (Phi) is 9.72. The van der Waals surface area contributed by atoms with E-state index in [-0.39, 0.29) is 36.0 Å². The molecule has 2 aromatic heterocycles. The first-order chi connectivity index (χ1) is 21.9. The molecule has 1 fully saturated rings. The van der Waals surface area contributed by atoms with E-state index in [4.69, 9.17) is 16.3 Å². The van der Waals surface area contributed by atoms with Crippen molar-refractivity contribution in [2.45, 2.75) is 18.6 Å². The summed E-state index contributed by atoms with van der Waals surface area (Å²) in [7, 11) is 2.84. The Morgan fingerprint density at radius 2 is 1.87 bits per heavy atom. The summed E-state index contributed by atoms with van der Waals surface area (Å²) in [4.78, 5) is 29.4. The number of nitrogens with one attached hydrogen (secondary N) is 1. The number of likely N-dealkylation sites (N-methyl/N-ethyl adjacent to an activating group) is 2. The summed E-state index contributed by atoms with van der Waals surface area (Å²) >= 11 is 6.87. The summed E-state index contributed by atoms with van der Waals surface area (Å²) in [5.41, 5.74) is 1.77. The molecular formula is C30H29ClF4N8O3. The minimum absolute atomic E-state index is 0.0542. The van der Waals surface area contributed by atoms with Crippen molar-refractivity contribution in [1.82, 2.24) is 29.8 Å². The second-order valence-electron chi connectivity index (χ2n) is 10.6. The zero-order chi connectivity index (χ0) is 33.0. The quantitative estimate of drug-likeness (QED) is 0.260. The van der Waals surface area contributed by atoms with Crippen LogP contribution in [0.1, 0.15) is 5.69 Å². The number of aromatic nitrogens is 4. The van der Waals surface area contributed by atoms with Crippen molar-refractivity contribution in [2.24, 2.45) is 0 Å². The van der Waals surface area contributed by atoms with Crippen LogP contribution in [0, 0.1) is 5.82 Å². The predicted octanol–water partition coefficient (Wildman–Crippen LogP) is 4.57. The Morgan fingerprint density at radius 3 is 2.59 bits per heavy atom. The molecule has 1 N–H and O–H groups in total. The number of rotatable bonds is 9. The maximum absolute atomic E-state index is 14.4. The number of anilines is 2. The van der Waals surface area contributed by atoms with Gasteiger partial charge in [-0.1, -0.05) is 23.7 Å². The number of hydrogen-bond acceptors (Lipinski definition) is 8. The van der Waals surface area contributed by atoms with Gasteiger partial charge in [0.1, 0.15) is 10.8 Å². The molecule has 1 atom stereocenters. The van der Waals surface area contributed by atoms with Gasteiger partial charge in [-0.2, -0.15) is 28.5 Å². The summed E-state index contributed by atoms with van der Waals surface area (Å²) in [5, 5.41) is 14.9. The van der Waals surface area contributed by atoms with Crippen LogP contribution >= 0.6 is 11.6 Å². The van der Waals surface area contributed by atoms with Crippen LogP contribution in [-0.2, 0) is 16.0 Å². The van der Waals surface area contributed by atoms with E-state index in [0.29, 0.717) is 40.7 Å². The minimum Gasteiger partial charge on any atom is -0.453 e. The molecule has 1 aliphatic heterocycles. The summed E-state index contributed by atoms with van der Waals surface area (Å²) in [6.07, 6.45) is -0.376. The highest BCUT2D eigenvalue weighted by Gasteiger charge is 2.42. The zero-order valence-electron chi connectivity index (χ0n) is 24.7. The molecule has 2 amide bonds. The zero-order valence-corrected chi connectivity index (χ0v) is 25.5. The Hall–Kier alpha value is -4.76. The topological polar surface area (TPSA) is 109 Å². The molecule has 0 radical (unpaired) electrons. The monoisotopic (exact) mass is 660 g/mol. The van der Waals surface area contributed by atoms with E-state index in [1.165, 1.54) is 36.7 Å². The molecule has 1 saturated heterocycles. The average molecular weight is 661 g/mol. The Balaban J connectivity index is 1.41. The van der Waals surface area contributed by atoms with Crippen molar-refractivity contribution in [3.8, 4) is 17.2 Å². The third-order valence-corrected chi connectivity index (χ3v) is 7.76. The highest BCUT2D eigenvalue weighted by atomic mass is 35.5. The molecule has 5 rings (SSSR count). The van der Waals surface area contributed by atoms with Crippen molar-refractivity contribution >= 4 is 34.8 Å². The lowest BCUT2D eigenvalue weighted by Crippen LogP contribution is -2.57. The lowest BCUT2D eigenvalue weighted by molar-refractivity contribution is -0.184. The third-order valence-electron chi connectivity index (χ3n) is 7.40. The molecule has 0 spiro atoms. The van der Waals surface area contributed by atoms with E-state index in [1.807, 2.05) is 4.90 Å². The van der Waals surface area contributed by atoms with Gasteiger partial charge in [-0.05, 0) is 43.4 Å². The van der Waals surface area contributed by atoms with Gasteiger partial charge in [-0.3, -0.25) is 14.5 Å². The number of alkyl halides is 3. The molecule has 2 aromatic carbocycles. The van der Waals surface area contributed by atoms with Crippen LogP contribution in [0.25, 0.3) is 5.69 Å². The maximum atomic E-state index is 14.4. The second kappa shape index (κ2) is 13.7. The fourth-order valence-electron chi connectivity index (χ4n) is 5.02. The van der Waals surface area contributed by atoms with Gasteiger partial charge in [0.25, 0.3) is 0 Å². The first-order valence-electron chi connectivity index (χ1n) is 14.0. The number of carbonyl (C=O) groups is 2. The SMILES string of the molecule is CN(C[C@H]1CN(c2c(NC(=O)Cc3ccn(-c4ccnnc4)n3)ccc(Oc3ccccc3F)c2Cl)CCN1C)C(=O)C(F)(F)F. The molecule has 242 valence electrons. The summed E-state index contributed by atoms with van der Waals surface area (Å²) < 4.78 is 61.1. The van der Waals surface area contributed by atoms with Gasteiger partial charge in [-0.15, -0.1) is 0 Å². The second-order valence-corrected chi connectivity index (χ2v) is 11.0. The molecule has 46 heavy (non-hydrogen) atoms. The van der Waals surface area contributed by atoms with Gasteiger partial charge < -0.3 is 19.9 Å². The van der Waals surface area contributed by atoms with Gasteiger partial charge >= 0.3 is 12.1 Å². The Morgan fingerprint density at radius 1 is 1.09 bits per heavy atom. The van der Waals surface area contributed by atoms with Crippen molar-refractivity contribution in [3.63, 3.8) is 0 Å². The number of ether oxygens (including phenoxy) is 1. The van der Waals surface area contributed by atoms with Gasteiger partial charge in [0.15, 0.2) is 11.6 Å². The summed E-state index contributed by atoms with van der Waals surface area (Å²) in [6.45, 7) is 0.718. The third kappa shape index (κ3) is 7.54. The normalized spacial score (nSPS) is 15.5. The highest BCUT2D eigenvalue weighted by molar-refractivity contribution is 6.35. The van der Waals surface area contributed by atoms with E-state index >= 15 is 0 Å². The largest absolute Gasteiger partial charge is 0.471 e. The first kappa shape index (κ1) is 32.6. The molecule has 0 unspecified atom stereocenters. The number of para-hydroxylation sites is 1. The standard InChI is InChI=1S/C30H29ClF4N8O3/c1-40-13-14-42(18-21(40)17-41(2)29(45)30(33,34)35)28-23(7-8-25(27(28)31)46-24-6-4-3-5-22(24)32)38-26(44)15-19-10-12-43(39-19)20-9-11-36-37-16-20/h3-12,16,21H,13-15,17-18H2,1-2H3,(H,38,44)/t21-/m0/s1. The predicted molar refractivity (Wildman–Crippen MR) is 162 cm³/mol. The van der Waals surface area contributed by atoms with E-state index in [1.54, 1.807) is 47.1 Å². The molecule has 0 bridgehead atoms. The van der Waals surface area contributed by atoms with Crippen LogP contribution in [0.2, 0.25) is 5.02 Å². The molecule has 0 aliphatic carbocycles. The van der Waals surface area contributed by atoms with Crippen LogP contribution in [0.4, 0.5) is 28.9 Å². The van der Waals surface area contributed by atoms with Crippen LogP contribution in [-0.4, -0.2) is 94.1 Å². The number of benzene rings is 2. The smallest absolute Gasteiger partial charge is 0.453 e. The lowest BCUT2D eigenvalue weighted by atomic mass is 10.1. The number of nitrogens with zero attached hydrogens (tertiary/aromatic N) is 7. The van der Waals surface area contributed by atoms with Crippen molar-refractivity contribution < 1.29 is 31.9 Å². The number of hydrogen-bond donors (Lipinski definition) is 1. The van der Waals surface area contributed by atoms with Crippen molar-refractivity contribution in [1.29, 1.82) is 0 Å². The lowest BCUT2D eigenvalue weighted by Gasteiger charge is -2.42. The van der Waals surface area contributed by atoms with Gasteiger partial charge in [0, 0.05) is 45.5 Å². The van der Waals surface area contributed by atoms with Crippen LogP contribution in [0.3, 0.4) is 0 Å². The number of carbonyl (C=O) groups excluding carboxylic acids is 2. The number of halogens is 5. The van der Waals surface area contributed by atoms with Gasteiger partial charge in [0.2, 0.25) is 5.91 Å². The van der Waals surface area contributed by atoms with Crippen molar-refractivity contribution in [2.75, 3.05) is 50.5 Å². The molecule has 3 heterocycles. The summed E-state index contributed by atoms with van der Waals surface area (Å²) in [6, 6.07) is 11.7. The van der Waals surface area contributed by atoms with Gasteiger partial charge in [-0.25, -0.2) is 9.07 Å². The molecular weight excluding hydrogens is 632 g/mol. The molecule has 1 aliphatic rings. The first-order valence-corrected chi connectivity index (χ1v) is 14.4. The fraction of sp³-hybridized carbons (Fsp3) is 0.300. The van der Waals surface area contributed by atoms with E-state index in [9.17, 15) is 27.2 Å². The van der Waals surface area contributed by atoms with Crippen LogP contribution in [0.5, 0.6) is 11.5 Å². The Labute approximate surface area is 266 Å². The number of amides is 2. The van der Waals surface area contributed by atoms with E-state index in [2.05, 4.69) is 20.6 Å². The Bertz CT molecular complexity index is 1710. The molecule has 16 heteroatoms. The summed E-state index contributed by atoms with van der Waals surface area (Å²) in [5.74, 6) is -2.96. The highest BCUT2D eigenvalue weighted by Crippen LogP contribution is 2.43. The maximum Gasteiger partial charge on any atom is 0.471 e. The van der Waals surface area contributed by atoms with Gasteiger partial charge in [0.05, 0.1) is 41.6 Å². The molecule has 4 aromatic rings. The van der Waals surface area contributed by atoms with E-state index in [0.717, 1.165) is 7.05 Å². The fourth-order valence-corrected chi connectivity index (χ4v) is 5.34. The molecule has 0 saturated carbocycles. The van der Waals surface area contributed by atoms with Crippen LogP contribution < -0.4 is 15.0 Å². The van der Waals surface area contributed by atoms with Crippen molar-refractivity contribution in [3.05, 3.63) is 83.7 Å². The number of piperazine rings is 1. The molecule has 11 nitrogen and oxygen atoms in total. The van der Waals surface area contributed by atoms with Crippen LogP contribution in [0.15, 0.2) is 67.1 Å². The van der Waals surface area contributed by atoms with E-state index < -0.39 is 29.8 Å². The minimum atomic E-state index is -5.01. The average Bonchev–Trinajstić information content (AvgIpc) is 3.49.